The molecule has 3 rings (SSSR count). The first-order chi connectivity index (χ1) is 9.22. The standard InChI is InChI=1S/C15H17FN2O/c16-11-5-3-4-10(8-11)14(19)9-15-17-12-6-1-2-7-13(12)18-15/h3-5,8,12-13H,1-2,6-7,9H2,(H,17,18)/t12-,13-/m0/s1. The topological polar surface area (TPSA) is 41.5 Å². The highest BCUT2D eigenvalue weighted by molar-refractivity contribution is 6.09. The number of nitrogens with zero attached hydrogens (tertiary/aromatic N) is 1. The Kier molecular flexibility index (Phi) is 3.32. The van der Waals surface area contributed by atoms with Gasteiger partial charge in [0.05, 0.1) is 12.5 Å². The van der Waals surface area contributed by atoms with Crippen molar-refractivity contribution in [3.8, 4) is 0 Å². The van der Waals surface area contributed by atoms with Gasteiger partial charge in [-0.25, -0.2) is 4.39 Å². The van der Waals surface area contributed by atoms with E-state index in [4.69, 9.17) is 0 Å². The van der Waals surface area contributed by atoms with Crippen molar-refractivity contribution in [3.63, 3.8) is 0 Å². The van der Waals surface area contributed by atoms with Crippen LogP contribution in [0.25, 0.3) is 0 Å². The van der Waals surface area contributed by atoms with E-state index in [1.54, 1.807) is 12.1 Å². The molecular formula is C15H17FN2O. The average molecular weight is 260 g/mol. The molecule has 19 heavy (non-hydrogen) atoms. The van der Waals surface area contributed by atoms with Crippen molar-refractivity contribution < 1.29 is 9.18 Å². The van der Waals surface area contributed by atoms with Crippen LogP contribution in [0.2, 0.25) is 0 Å². The number of nitrogens with one attached hydrogen (secondary N) is 1. The lowest BCUT2D eigenvalue weighted by Gasteiger charge is -2.23. The van der Waals surface area contributed by atoms with E-state index >= 15 is 0 Å². The van der Waals surface area contributed by atoms with Gasteiger partial charge in [0.25, 0.3) is 0 Å². The first-order valence-corrected chi connectivity index (χ1v) is 6.84. The third-order valence-corrected chi connectivity index (χ3v) is 3.88. The van der Waals surface area contributed by atoms with Crippen molar-refractivity contribution in [2.24, 2.45) is 4.99 Å². The Morgan fingerprint density at radius 3 is 3.00 bits per heavy atom. The fourth-order valence-corrected chi connectivity index (χ4v) is 2.90. The van der Waals surface area contributed by atoms with Crippen molar-refractivity contribution in [1.82, 2.24) is 5.32 Å². The van der Waals surface area contributed by atoms with Crippen LogP contribution in [0.15, 0.2) is 29.3 Å². The number of halogens is 1. The molecule has 1 N–H and O–H groups in total. The Morgan fingerprint density at radius 2 is 2.21 bits per heavy atom. The van der Waals surface area contributed by atoms with E-state index in [1.807, 2.05) is 0 Å². The van der Waals surface area contributed by atoms with Crippen LogP contribution >= 0.6 is 0 Å². The molecule has 2 atom stereocenters. The molecule has 100 valence electrons. The van der Waals surface area contributed by atoms with E-state index in [0.717, 1.165) is 18.7 Å². The molecule has 1 aliphatic carbocycles. The summed E-state index contributed by atoms with van der Waals surface area (Å²) in [5, 5.41) is 3.34. The number of carbonyl (C=O) groups excluding carboxylic acids is 1. The predicted octanol–water partition coefficient (Wildman–Crippen LogP) is 2.71. The van der Waals surface area contributed by atoms with Crippen LogP contribution in [-0.4, -0.2) is 23.7 Å². The molecule has 0 bridgehead atoms. The number of amidine groups is 1. The Hall–Kier alpha value is -1.71. The van der Waals surface area contributed by atoms with Crippen molar-refractivity contribution in [2.45, 2.75) is 44.2 Å². The van der Waals surface area contributed by atoms with E-state index in [0.29, 0.717) is 17.6 Å². The molecule has 4 heteroatoms. The molecule has 0 saturated heterocycles. The Labute approximate surface area is 111 Å². The third kappa shape index (κ3) is 2.67. The van der Waals surface area contributed by atoms with Gasteiger partial charge in [-0.15, -0.1) is 0 Å². The number of rotatable bonds is 3. The summed E-state index contributed by atoms with van der Waals surface area (Å²) in [6.07, 6.45) is 4.93. The summed E-state index contributed by atoms with van der Waals surface area (Å²) in [7, 11) is 0. The van der Waals surface area contributed by atoms with Gasteiger partial charge in [0.1, 0.15) is 11.7 Å². The molecule has 1 heterocycles. The van der Waals surface area contributed by atoms with E-state index < -0.39 is 0 Å². The molecular weight excluding hydrogens is 243 g/mol. The number of hydrogen-bond donors (Lipinski definition) is 1. The van der Waals surface area contributed by atoms with Gasteiger partial charge < -0.3 is 5.32 Å². The number of fused-ring (bicyclic) bond motifs is 1. The zero-order chi connectivity index (χ0) is 13.2. The number of ketones is 1. The lowest BCUT2D eigenvalue weighted by atomic mass is 9.92. The van der Waals surface area contributed by atoms with E-state index in [9.17, 15) is 9.18 Å². The first kappa shape index (κ1) is 12.3. The Bertz CT molecular complexity index is 527. The van der Waals surface area contributed by atoms with E-state index in [2.05, 4.69) is 10.3 Å². The maximum Gasteiger partial charge on any atom is 0.170 e. The highest BCUT2D eigenvalue weighted by Gasteiger charge is 2.31. The summed E-state index contributed by atoms with van der Waals surface area (Å²) >= 11 is 0. The minimum absolute atomic E-state index is 0.0793. The van der Waals surface area contributed by atoms with E-state index in [1.165, 1.54) is 25.0 Å². The molecule has 0 spiro atoms. The van der Waals surface area contributed by atoms with Crippen LogP contribution < -0.4 is 5.32 Å². The Balaban J connectivity index is 1.67. The first-order valence-electron chi connectivity index (χ1n) is 6.84. The van der Waals surface area contributed by atoms with Crippen molar-refractivity contribution in [3.05, 3.63) is 35.6 Å². The lowest BCUT2D eigenvalue weighted by Crippen LogP contribution is -2.37. The highest BCUT2D eigenvalue weighted by Crippen LogP contribution is 2.25. The molecule has 1 saturated carbocycles. The second-order valence-electron chi connectivity index (χ2n) is 5.29. The minimum atomic E-state index is -0.374. The fourth-order valence-electron chi connectivity index (χ4n) is 2.90. The average Bonchev–Trinajstić information content (AvgIpc) is 2.80. The maximum atomic E-state index is 13.1. The second-order valence-corrected chi connectivity index (χ2v) is 5.29. The fraction of sp³-hybridized carbons (Fsp3) is 0.467. The lowest BCUT2D eigenvalue weighted by molar-refractivity contribution is 0.0999. The molecule has 0 unspecified atom stereocenters. The highest BCUT2D eigenvalue weighted by atomic mass is 19.1. The van der Waals surface area contributed by atoms with Crippen molar-refractivity contribution in [2.75, 3.05) is 0 Å². The van der Waals surface area contributed by atoms with Gasteiger partial charge in [-0.05, 0) is 25.0 Å². The molecule has 1 aromatic carbocycles. The largest absolute Gasteiger partial charge is 0.369 e. The maximum absolute atomic E-state index is 13.1. The molecule has 0 radical (unpaired) electrons. The smallest absolute Gasteiger partial charge is 0.170 e. The number of aliphatic imine (C=N–C) groups is 1. The number of benzene rings is 1. The summed E-state index contributed by atoms with van der Waals surface area (Å²) in [5.41, 5.74) is 0.416. The summed E-state index contributed by atoms with van der Waals surface area (Å²) in [4.78, 5) is 16.7. The molecule has 2 aliphatic rings. The molecule has 0 amide bonds. The van der Waals surface area contributed by atoms with Gasteiger partial charge in [-0.3, -0.25) is 9.79 Å². The monoisotopic (exact) mass is 260 g/mol. The third-order valence-electron chi connectivity index (χ3n) is 3.88. The van der Waals surface area contributed by atoms with Crippen LogP contribution in [0.3, 0.4) is 0 Å². The zero-order valence-corrected chi connectivity index (χ0v) is 10.7. The summed E-state index contributed by atoms with van der Waals surface area (Å²) in [6.45, 7) is 0. The van der Waals surface area contributed by atoms with Gasteiger partial charge in [0.15, 0.2) is 5.78 Å². The quantitative estimate of drug-likeness (QED) is 0.849. The zero-order valence-electron chi connectivity index (χ0n) is 10.7. The van der Waals surface area contributed by atoms with E-state index in [-0.39, 0.29) is 18.0 Å². The molecule has 0 aromatic heterocycles. The predicted molar refractivity (Wildman–Crippen MR) is 72.0 cm³/mol. The normalized spacial score (nSPS) is 25.4. The van der Waals surface area contributed by atoms with Gasteiger partial charge in [0.2, 0.25) is 0 Å². The summed E-state index contributed by atoms with van der Waals surface area (Å²) in [6, 6.07) is 6.58. The van der Waals surface area contributed by atoms with Gasteiger partial charge >= 0.3 is 0 Å². The summed E-state index contributed by atoms with van der Waals surface area (Å²) < 4.78 is 13.1. The van der Waals surface area contributed by atoms with Gasteiger partial charge in [-0.2, -0.15) is 0 Å². The summed E-state index contributed by atoms with van der Waals surface area (Å²) in [5.74, 6) is 0.316. The van der Waals surface area contributed by atoms with Crippen LogP contribution in [0.1, 0.15) is 42.5 Å². The molecule has 3 nitrogen and oxygen atoms in total. The van der Waals surface area contributed by atoms with Gasteiger partial charge in [-0.1, -0.05) is 25.0 Å². The van der Waals surface area contributed by atoms with Crippen LogP contribution in [0.5, 0.6) is 0 Å². The van der Waals surface area contributed by atoms with Crippen molar-refractivity contribution in [1.29, 1.82) is 0 Å². The van der Waals surface area contributed by atoms with Crippen LogP contribution in [0.4, 0.5) is 4.39 Å². The van der Waals surface area contributed by atoms with Gasteiger partial charge in [0, 0.05) is 11.6 Å². The Morgan fingerprint density at radius 1 is 1.37 bits per heavy atom. The molecule has 1 aliphatic heterocycles. The molecule has 1 aromatic rings. The number of carbonyl (C=O) groups is 1. The second kappa shape index (κ2) is 5.11. The molecule has 1 fully saturated rings. The van der Waals surface area contributed by atoms with Crippen LogP contribution in [-0.2, 0) is 0 Å². The minimum Gasteiger partial charge on any atom is -0.369 e. The number of Topliss-reactive ketones (excluding diaryl/α,β-unsaturated/α-hetero) is 1. The number of hydrogen-bond acceptors (Lipinski definition) is 3. The SMILES string of the molecule is O=C(CC1=N[C@H]2CCCC[C@@H]2N1)c1cccc(F)c1. The van der Waals surface area contributed by atoms with Crippen molar-refractivity contribution >= 4 is 11.6 Å². The van der Waals surface area contributed by atoms with Crippen LogP contribution in [0, 0.1) is 5.82 Å².